The first kappa shape index (κ1) is 13.3. The zero-order chi connectivity index (χ0) is 12.3. The molecule has 1 aromatic heterocycles. The van der Waals surface area contributed by atoms with Gasteiger partial charge in [-0.15, -0.1) is 0 Å². The largest absolute Gasteiger partial charge is 0.450 e. The third-order valence-corrected chi connectivity index (χ3v) is 2.19. The summed E-state index contributed by atoms with van der Waals surface area (Å²) in [5.41, 5.74) is 1.06. The summed E-state index contributed by atoms with van der Waals surface area (Å²) in [5.74, 6) is 0. The van der Waals surface area contributed by atoms with Crippen LogP contribution in [0, 0.1) is 0 Å². The Morgan fingerprint density at radius 1 is 1.65 bits per heavy atom. The number of imidazole rings is 1. The van der Waals surface area contributed by atoms with E-state index in [4.69, 9.17) is 4.74 Å². The summed E-state index contributed by atoms with van der Waals surface area (Å²) >= 11 is 0. The van der Waals surface area contributed by atoms with Gasteiger partial charge in [0.15, 0.2) is 0 Å². The fourth-order valence-corrected chi connectivity index (χ4v) is 1.32. The van der Waals surface area contributed by atoms with E-state index in [0.717, 1.165) is 25.0 Å². The topological polar surface area (TPSA) is 67.0 Å². The number of aromatic amines is 1. The summed E-state index contributed by atoms with van der Waals surface area (Å²) in [4.78, 5) is 18.1. The second-order valence-corrected chi connectivity index (χ2v) is 3.60. The van der Waals surface area contributed by atoms with Crippen LogP contribution in [-0.2, 0) is 11.2 Å². The minimum Gasteiger partial charge on any atom is -0.450 e. The number of nitrogens with zero attached hydrogens (tertiary/aromatic N) is 1. The second kappa shape index (κ2) is 8.38. The van der Waals surface area contributed by atoms with Gasteiger partial charge < -0.3 is 15.0 Å². The fraction of sp³-hybridized carbons (Fsp3) is 0.500. The van der Waals surface area contributed by atoms with Crippen molar-refractivity contribution in [2.45, 2.75) is 26.2 Å². The zero-order valence-electron chi connectivity index (χ0n) is 10.1. The average molecular weight is 237 g/mol. The van der Waals surface area contributed by atoms with Crippen LogP contribution in [0.3, 0.4) is 0 Å². The smallest absolute Gasteiger partial charge is 0.407 e. The molecule has 17 heavy (non-hydrogen) atoms. The minimum absolute atomic E-state index is 0.348. The monoisotopic (exact) mass is 237 g/mol. The predicted molar refractivity (Wildman–Crippen MR) is 65.7 cm³/mol. The van der Waals surface area contributed by atoms with Gasteiger partial charge in [-0.1, -0.05) is 12.2 Å². The molecule has 5 nitrogen and oxygen atoms in total. The van der Waals surface area contributed by atoms with Crippen LogP contribution in [0.1, 0.15) is 25.5 Å². The summed E-state index contributed by atoms with van der Waals surface area (Å²) in [5, 5.41) is 2.68. The van der Waals surface area contributed by atoms with Crippen LogP contribution < -0.4 is 5.32 Å². The molecule has 0 saturated heterocycles. The summed E-state index contributed by atoms with van der Waals surface area (Å²) in [7, 11) is 0. The average Bonchev–Trinajstić information content (AvgIpc) is 2.83. The number of aryl methyl sites for hydroxylation is 1. The molecule has 1 amide bonds. The highest BCUT2D eigenvalue weighted by Gasteiger charge is 2.00. The molecule has 0 fully saturated rings. The van der Waals surface area contributed by atoms with E-state index in [0.29, 0.717) is 13.2 Å². The maximum atomic E-state index is 11.2. The SMILES string of the molecule is C/C=C/CCNC(=O)OCCCc1cnc[nH]1. The molecule has 0 aliphatic heterocycles. The Labute approximate surface area is 101 Å². The van der Waals surface area contributed by atoms with E-state index in [9.17, 15) is 4.79 Å². The molecule has 0 spiro atoms. The molecular formula is C12H19N3O2. The maximum absolute atomic E-state index is 11.2. The number of rotatable bonds is 7. The van der Waals surface area contributed by atoms with E-state index in [2.05, 4.69) is 15.3 Å². The molecule has 1 rings (SSSR count). The van der Waals surface area contributed by atoms with Crippen LogP contribution in [0.4, 0.5) is 4.79 Å². The zero-order valence-corrected chi connectivity index (χ0v) is 10.1. The number of hydrogen-bond acceptors (Lipinski definition) is 3. The van der Waals surface area contributed by atoms with E-state index in [1.54, 1.807) is 12.5 Å². The van der Waals surface area contributed by atoms with Crippen LogP contribution in [0.25, 0.3) is 0 Å². The highest BCUT2D eigenvalue weighted by Crippen LogP contribution is 1.97. The lowest BCUT2D eigenvalue weighted by atomic mass is 10.3. The van der Waals surface area contributed by atoms with Crippen molar-refractivity contribution in [3.63, 3.8) is 0 Å². The summed E-state index contributed by atoms with van der Waals surface area (Å²) in [6, 6.07) is 0. The Kier molecular flexibility index (Phi) is 6.55. The summed E-state index contributed by atoms with van der Waals surface area (Å²) in [6.45, 7) is 2.99. The van der Waals surface area contributed by atoms with Gasteiger partial charge in [-0.25, -0.2) is 9.78 Å². The van der Waals surface area contributed by atoms with Gasteiger partial charge in [0.05, 0.1) is 12.9 Å². The van der Waals surface area contributed by atoms with E-state index < -0.39 is 0 Å². The van der Waals surface area contributed by atoms with Crippen molar-refractivity contribution in [1.29, 1.82) is 0 Å². The van der Waals surface area contributed by atoms with Gasteiger partial charge >= 0.3 is 6.09 Å². The van der Waals surface area contributed by atoms with Crippen molar-refractivity contribution in [3.8, 4) is 0 Å². The number of H-pyrrole nitrogens is 1. The fourth-order valence-electron chi connectivity index (χ4n) is 1.32. The Balaban J connectivity index is 1.96. The van der Waals surface area contributed by atoms with Crippen LogP contribution in [0.5, 0.6) is 0 Å². The van der Waals surface area contributed by atoms with E-state index in [-0.39, 0.29) is 6.09 Å². The number of ether oxygens (including phenoxy) is 1. The van der Waals surface area contributed by atoms with Crippen molar-refractivity contribution < 1.29 is 9.53 Å². The number of amides is 1. The highest BCUT2D eigenvalue weighted by molar-refractivity contribution is 5.67. The van der Waals surface area contributed by atoms with Crippen LogP contribution in [0.15, 0.2) is 24.7 Å². The predicted octanol–water partition coefficient (Wildman–Crippen LogP) is 2.03. The van der Waals surface area contributed by atoms with Crippen molar-refractivity contribution >= 4 is 6.09 Å². The Hall–Kier alpha value is -1.78. The van der Waals surface area contributed by atoms with Crippen LogP contribution >= 0.6 is 0 Å². The van der Waals surface area contributed by atoms with Gasteiger partial charge in [0.25, 0.3) is 0 Å². The second-order valence-electron chi connectivity index (χ2n) is 3.60. The Bertz CT molecular complexity index is 334. The summed E-state index contributed by atoms with van der Waals surface area (Å²) in [6.07, 6.45) is 9.49. The van der Waals surface area contributed by atoms with E-state index in [1.165, 1.54) is 0 Å². The van der Waals surface area contributed by atoms with E-state index in [1.807, 2.05) is 19.1 Å². The number of nitrogens with one attached hydrogen (secondary N) is 2. The number of carbonyl (C=O) groups is 1. The van der Waals surface area contributed by atoms with Gasteiger partial charge in [0.1, 0.15) is 0 Å². The van der Waals surface area contributed by atoms with E-state index >= 15 is 0 Å². The molecule has 1 heterocycles. The molecule has 0 radical (unpaired) electrons. The lowest BCUT2D eigenvalue weighted by molar-refractivity contribution is 0.145. The number of hydrogen-bond donors (Lipinski definition) is 2. The maximum Gasteiger partial charge on any atom is 0.407 e. The standard InChI is InChI=1S/C12H19N3O2/c1-2-3-4-7-14-12(16)17-8-5-6-11-9-13-10-15-11/h2-3,9-10H,4-8H2,1H3,(H,13,15)(H,14,16)/b3-2+. The van der Waals surface area contributed by atoms with Crippen molar-refractivity contribution in [3.05, 3.63) is 30.4 Å². The lowest BCUT2D eigenvalue weighted by Crippen LogP contribution is -2.25. The number of aromatic nitrogens is 2. The molecular weight excluding hydrogens is 218 g/mol. The molecule has 1 aromatic rings. The Morgan fingerprint density at radius 2 is 2.53 bits per heavy atom. The van der Waals surface area contributed by atoms with Crippen molar-refractivity contribution in [1.82, 2.24) is 15.3 Å². The molecule has 0 saturated carbocycles. The Morgan fingerprint density at radius 3 is 3.24 bits per heavy atom. The van der Waals surface area contributed by atoms with Gasteiger partial charge in [-0.3, -0.25) is 0 Å². The van der Waals surface area contributed by atoms with Crippen LogP contribution in [0.2, 0.25) is 0 Å². The first-order valence-corrected chi connectivity index (χ1v) is 5.82. The molecule has 0 unspecified atom stereocenters. The number of alkyl carbamates (subject to hydrolysis) is 1. The molecule has 0 aromatic carbocycles. The number of carbonyl (C=O) groups excluding carboxylic acids is 1. The third-order valence-electron chi connectivity index (χ3n) is 2.19. The molecule has 5 heteroatoms. The quantitative estimate of drug-likeness (QED) is 0.563. The van der Waals surface area contributed by atoms with Gasteiger partial charge in [0.2, 0.25) is 0 Å². The summed E-state index contributed by atoms with van der Waals surface area (Å²) < 4.78 is 5.01. The minimum atomic E-state index is -0.348. The first-order chi connectivity index (χ1) is 8.33. The molecule has 0 aliphatic rings. The van der Waals surface area contributed by atoms with Gasteiger partial charge in [-0.2, -0.15) is 0 Å². The molecule has 94 valence electrons. The normalized spacial score (nSPS) is 10.6. The van der Waals surface area contributed by atoms with Crippen molar-refractivity contribution in [2.75, 3.05) is 13.2 Å². The van der Waals surface area contributed by atoms with Gasteiger partial charge in [-0.05, 0) is 26.2 Å². The molecule has 0 bridgehead atoms. The highest BCUT2D eigenvalue weighted by atomic mass is 16.5. The molecule has 2 N–H and O–H groups in total. The van der Waals surface area contributed by atoms with Gasteiger partial charge in [0, 0.05) is 18.4 Å². The van der Waals surface area contributed by atoms with Crippen molar-refractivity contribution in [2.24, 2.45) is 0 Å². The molecule has 0 atom stereocenters. The number of allylic oxidation sites excluding steroid dienone is 1. The third kappa shape index (κ3) is 6.40. The first-order valence-electron chi connectivity index (χ1n) is 5.82. The molecule has 0 aliphatic carbocycles. The lowest BCUT2D eigenvalue weighted by Gasteiger charge is -2.05. The van der Waals surface area contributed by atoms with Crippen LogP contribution in [-0.4, -0.2) is 29.2 Å².